The van der Waals surface area contributed by atoms with Gasteiger partial charge in [0.15, 0.2) is 0 Å². The van der Waals surface area contributed by atoms with E-state index in [1.54, 1.807) is 25.8 Å². The first kappa shape index (κ1) is 79.4. The summed E-state index contributed by atoms with van der Waals surface area (Å²) in [6, 6.07) is -10.6. The summed E-state index contributed by atoms with van der Waals surface area (Å²) in [6.45, 7) is 11.0. The highest BCUT2D eigenvalue weighted by atomic mass is 35.5. The molecule has 3 unspecified atom stereocenters. The van der Waals surface area contributed by atoms with Crippen LogP contribution < -0.4 is 16.0 Å². The molecule has 1 spiro atoms. The standard InChI is InChI=1S/C72H114ClF3N12O12/c1-12-44(5)58-67(97)81(8)45(6)63(93)88-38-32-53(88)65(95)83(10)59(48-25-21-26-48)68(98)80(7)42-56(89)77-51(31-29-46-28-30-49(50(73)40-46)72(74,75)76)64(94)87-37-22-27-52(87)62(92)79-71(33-17-18-34-71)70(100)84(11)60(47-23-15-16-24-47)69(99)86(13-2)55(66(96)85-35-19-14-20-36-85)41-57(90)82(9)54(39-43(3)4)61(91)78-58/h43-55,58-60H,12-42H2,1-11H3,(H,77,89)(H,78,91)(H,79,92)/t44-,45-,46?,49?,50?,51-,52-,53-,54-,55-,58-,59-,60-/m0/s1. The minimum absolute atomic E-state index is 0.00531. The predicted molar refractivity (Wildman–Crippen MR) is 368 cm³/mol. The molecule has 0 aromatic carbocycles. The van der Waals surface area contributed by atoms with Crippen molar-refractivity contribution in [3.63, 3.8) is 0 Å². The molecule has 4 saturated heterocycles. The zero-order valence-electron chi connectivity index (χ0n) is 61.1. The van der Waals surface area contributed by atoms with Crippen molar-refractivity contribution in [3.8, 4) is 0 Å². The maximum Gasteiger partial charge on any atom is 0.393 e. The summed E-state index contributed by atoms with van der Waals surface area (Å²) in [5, 5.41) is 7.69. The Kier molecular flexibility index (Phi) is 27.3. The smallest absolute Gasteiger partial charge is 0.343 e. The molecule has 0 radical (unpaired) electrons. The van der Waals surface area contributed by atoms with Gasteiger partial charge in [0.25, 0.3) is 0 Å². The van der Waals surface area contributed by atoms with Crippen LogP contribution in [0.5, 0.6) is 0 Å². The number of likely N-dealkylation sites (N-methyl/N-ethyl adjacent to an activating group) is 6. The lowest BCUT2D eigenvalue weighted by molar-refractivity contribution is -0.182. The Morgan fingerprint density at radius 3 is 1.79 bits per heavy atom. The minimum Gasteiger partial charge on any atom is -0.343 e. The first-order valence-corrected chi connectivity index (χ1v) is 37.8. The Balaban J connectivity index is 1.17. The summed E-state index contributed by atoms with van der Waals surface area (Å²) in [7, 11) is 7.35. The van der Waals surface area contributed by atoms with Gasteiger partial charge in [-0.2, -0.15) is 13.2 Å². The summed E-state index contributed by atoms with van der Waals surface area (Å²) >= 11 is 6.41. The number of halogens is 4. The van der Waals surface area contributed by atoms with Crippen molar-refractivity contribution in [2.45, 2.75) is 274 Å². The maximum atomic E-state index is 16.0. The van der Waals surface area contributed by atoms with Gasteiger partial charge in [-0.15, -0.1) is 11.6 Å². The van der Waals surface area contributed by atoms with Crippen molar-refractivity contribution in [1.82, 2.24) is 60.0 Å². The number of nitrogens with one attached hydrogen (secondary N) is 3. The number of nitrogens with zero attached hydrogens (tertiary/aromatic N) is 9. The molecule has 13 atom stereocenters. The number of amides is 12. The van der Waals surface area contributed by atoms with Crippen LogP contribution in [0.15, 0.2) is 0 Å². The number of rotatable bonds is 11. The van der Waals surface area contributed by atoms with Crippen molar-refractivity contribution in [1.29, 1.82) is 0 Å². The van der Waals surface area contributed by atoms with E-state index in [9.17, 15) is 37.1 Å². The quantitative estimate of drug-likeness (QED) is 0.206. The molecule has 562 valence electrons. The normalized spacial score (nSPS) is 31.7. The highest BCUT2D eigenvalue weighted by Gasteiger charge is 2.54. The average molecular weight is 1430 g/mol. The lowest BCUT2D eigenvalue weighted by Gasteiger charge is -2.46. The highest BCUT2D eigenvalue weighted by molar-refractivity contribution is 6.21. The second-order valence-electron chi connectivity index (χ2n) is 30.9. The number of alkyl halides is 4. The van der Waals surface area contributed by atoms with Crippen LogP contribution in [-0.2, 0) is 57.5 Å². The average Bonchev–Trinajstić information content (AvgIpc) is 1.14. The van der Waals surface area contributed by atoms with E-state index >= 15 is 33.6 Å². The third kappa shape index (κ3) is 17.8. The van der Waals surface area contributed by atoms with E-state index in [-0.39, 0.29) is 108 Å². The van der Waals surface area contributed by atoms with Gasteiger partial charge in [-0.3, -0.25) is 57.5 Å². The van der Waals surface area contributed by atoms with Crippen LogP contribution >= 0.6 is 11.6 Å². The monoisotopic (exact) mass is 1430 g/mol. The Labute approximate surface area is 594 Å². The molecule has 0 bridgehead atoms. The fourth-order valence-corrected chi connectivity index (χ4v) is 17.6. The SMILES string of the molecule is CC[C@H](C)[C@@H]1NC(=O)[C@H](CC(C)C)N(C)C(=O)C[C@@H](C(=O)N2CCCCC2)N(CC)C(=O)[C@H](C2CCCC2)N(C)C(=O)C2(CCCC2)NC(=O)[C@@H]2CCCN2C(=O)[C@H](CCC2CCC(C(F)(F)F)C(Cl)C2)NC(=O)CN(C)C(=O)[C@H](C2CCC2)N(C)C(=O)[C@@H]2CCN2C(=O)[C@H](C)N(C)C1=O. The van der Waals surface area contributed by atoms with Gasteiger partial charge >= 0.3 is 6.18 Å². The van der Waals surface area contributed by atoms with Crippen molar-refractivity contribution in [2.24, 2.45) is 35.5 Å². The Morgan fingerprint density at radius 1 is 0.610 bits per heavy atom. The van der Waals surface area contributed by atoms with E-state index in [0.29, 0.717) is 77.3 Å². The lowest BCUT2D eigenvalue weighted by Crippen LogP contribution is -2.66. The second-order valence-corrected chi connectivity index (χ2v) is 31.5. The molecule has 0 aromatic rings. The summed E-state index contributed by atoms with van der Waals surface area (Å²) in [6.07, 6.45) is 4.72. The fourth-order valence-electron chi connectivity index (χ4n) is 17.1. The fraction of sp³-hybridized carbons (Fsp3) is 0.833. The van der Waals surface area contributed by atoms with Gasteiger partial charge in [0.1, 0.15) is 59.9 Å². The first-order chi connectivity index (χ1) is 47.3. The van der Waals surface area contributed by atoms with Crippen LogP contribution in [-0.4, -0.2) is 261 Å². The zero-order chi connectivity index (χ0) is 73.4. The molecule has 3 N–H and O–H groups in total. The van der Waals surface area contributed by atoms with Gasteiger partial charge in [0, 0.05) is 73.3 Å². The van der Waals surface area contributed by atoms with Crippen LogP contribution in [0.25, 0.3) is 0 Å². The van der Waals surface area contributed by atoms with E-state index in [0.717, 1.165) is 25.7 Å². The number of fused-ring (bicyclic) bond motifs is 2. The Bertz CT molecular complexity index is 2980. The maximum absolute atomic E-state index is 16.0. The molecule has 8 rings (SSSR count). The lowest BCUT2D eigenvalue weighted by atomic mass is 9.78. The molecule has 4 saturated carbocycles. The van der Waals surface area contributed by atoms with Gasteiger partial charge in [0.2, 0.25) is 70.9 Å². The predicted octanol–water partition coefficient (Wildman–Crippen LogP) is 5.85. The molecule has 4 heterocycles. The number of piperidine rings is 1. The number of hydrogen-bond acceptors (Lipinski definition) is 12. The van der Waals surface area contributed by atoms with Crippen LogP contribution in [0.1, 0.15) is 202 Å². The van der Waals surface area contributed by atoms with Gasteiger partial charge in [-0.25, -0.2) is 0 Å². The first-order valence-electron chi connectivity index (χ1n) is 37.4. The molecule has 4 aliphatic heterocycles. The molecule has 12 amide bonds. The minimum atomic E-state index is -4.50. The zero-order valence-corrected chi connectivity index (χ0v) is 61.8. The van der Waals surface area contributed by atoms with Crippen molar-refractivity contribution in [2.75, 3.05) is 74.5 Å². The van der Waals surface area contributed by atoms with Gasteiger partial charge < -0.3 is 60.0 Å². The van der Waals surface area contributed by atoms with Crippen LogP contribution in [0.2, 0.25) is 0 Å². The van der Waals surface area contributed by atoms with Crippen molar-refractivity contribution >= 4 is 82.5 Å². The molecular formula is C72H114ClF3N12O12. The molecule has 100 heavy (non-hydrogen) atoms. The van der Waals surface area contributed by atoms with Gasteiger partial charge in [-0.1, -0.05) is 66.2 Å². The van der Waals surface area contributed by atoms with Gasteiger partial charge in [-0.05, 0) is 159 Å². The number of carbonyl (C=O) groups excluding carboxylic acids is 12. The topological polar surface area (TPSA) is 270 Å². The summed E-state index contributed by atoms with van der Waals surface area (Å²) in [4.78, 5) is 193. The number of carbonyl (C=O) groups is 12. The molecular weight excluding hydrogens is 1320 g/mol. The summed E-state index contributed by atoms with van der Waals surface area (Å²) in [5.41, 5.74) is -1.54. The molecule has 4 aliphatic carbocycles. The Morgan fingerprint density at radius 2 is 1.23 bits per heavy atom. The van der Waals surface area contributed by atoms with Crippen LogP contribution in [0.3, 0.4) is 0 Å². The third-order valence-corrected chi connectivity index (χ3v) is 24.4. The van der Waals surface area contributed by atoms with Crippen LogP contribution in [0, 0.1) is 35.5 Å². The van der Waals surface area contributed by atoms with Gasteiger partial charge in [0.05, 0.1) is 18.9 Å². The molecule has 24 nitrogen and oxygen atoms in total. The second kappa shape index (κ2) is 34.3. The molecule has 8 fully saturated rings. The molecule has 28 heteroatoms. The van der Waals surface area contributed by atoms with Crippen molar-refractivity contribution < 1.29 is 70.7 Å². The Hall–Kier alpha value is -6.28. The molecule has 0 aromatic heterocycles. The van der Waals surface area contributed by atoms with Crippen LogP contribution in [0.4, 0.5) is 13.2 Å². The van der Waals surface area contributed by atoms with E-state index in [4.69, 9.17) is 11.6 Å². The van der Waals surface area contributed by atoms with E-state index in [1.165, 1.54) is 74.3 Å². The number of hydrogen-bond donors (Lipinski definition) is 3. The van der Waals surface area contributed by atoms with Crippen molar-refractivity contribution in [3.05, 3.63) is 0 Å². The highest BCUT2D eigenvalue weighted by Crippen LogP contribution is 2.44. The summed E-state index contributed by atoms with van der Waals surface area (Å²) in [5.74, 6) is -10.5. The largest absolute Gasteiger partial charge is 0.393 e. The van der Waals surface area contributed by atoms with E-state index < -0.39 is 167 Å². The third-order valence-electron chi connectivity index (χ3n) is 23.9. The summed E-state index contributed by atoms with van der Waals surface area (Å²) < 4.78 is 42.0. The molecule has 8 aliphatic rings. The van der Waals surface area contributed by atoms with E-state index in [1.807, 2.05) is 20.8 Å². The van der Waals surface area contributed by atoms with E-state index in [2.05, 4.69) is 16.0 Å². The number of likely N-dealkylation sites (tertiary alicyclic amines) is 1.